The van der Waals surface area contributed by atoms with Crippen molar-refractivity contribution in [3.05, 3.63) is 17.0 Å². The van der Waals surface area contributed by atoms with E-state index in [2.05, 4.69) is 5.16 Å². The maximum absolute atomic E-state index is 13.0. The molecule has 0 aliphatic rings. The molecule has 78 valence electrons. The predicted octanol–water partition coefficient (Wildman–Crippen LogP) is 2.19. The Morgan fingerprint density at radius 1 is 1.71 bits per heavy atom. The van der Waals surface area contributed by atoms with Crippen LogP contribution in [-0.2, 0) is 4.74 Å². The van der Waals surface area contributed by atoms with Gasteiger partial charge in [0.15, 0.2) is 0 Å². The van der Waals surface area contributed by atoms with Gasteiger partial charge in [-0.3, -0.25) is 0 Å². The zero-order valence-corrected chi connectivity index (χ0v) is 8.33. The number of aromatic nitrogens is 1. The number of esters is 1. The lowest BCUT2D eigenvalue weighted by atomic mass is 10.1. The van der Waals surface area contributed by atoms with E-state index in [4.69, 9.17) is 9.26 Å². The Balaban J connectivity index is 3.04. The molecule has 1 atom stereocenters. The summed E-state index contributed by atoms with van der Waals surface area (Å²) in [6.45, 7) is 4.76. The second-order valence-electron chi connectivity index (χ2n) is 2.84. The van der Waals surface area contributed by atoms with Gasteiger partial charge in [0.2, 0.25) is 0 Å². The molecule has 0 aromatic carbocycles. The fourth-order valence-electron chi connectivity index (χ4n) is 1.11. The van der Waals surface area contributed by atoms with Gasteiger partial charge in [-0.25, -0.2) is 9.18 Å². The average molecular weight is 201 g/mol. The van der Waals surface area contributed by atoms with Crippen molar-refractivity contribution < 1.29 is 18.4 Å². The molecule has 0 aliphatic heterocycles. The fraction of sp³-hybridized carbons (Fsp3) is 0.556. The molecule has 0 aliphatic carbocycles. The van der Waals surface area contributed by atoms with Crippen LogP contribution in [0.1, 0.15) is 41.8 Å². The molecule has 0 saturated heterocycles. The van der Waals surface area contributed by atoms with Crippen LogP contribution < -0.4 is 0 Å². The Hall–Kier alpha value is -1.39. The van der Waals surface area contributed by atoms with Gasteiger partial charge in [-0.05, 0) is 20.8 Å². The molecule has 0 bridgehead atoms. The quantitative estimate of drug-likeness (QED) is 0.703. The molecule has 4 nitrogen and oxygen atoms in total. The number of ether oxygens (including phenoxy) is 1. The van der Waals surface area contributed by atoms with E-state index in [1.54, 1.807) is 13.8 Å². The number of halogens is 1. The van der Waals surface area contributed by atoms with E-state index in [-0.39, 0.29) is 23.6 Å². The highest BCUT2D eigenvalue weighted by molar-refractivity contribution is 5.91. The van der Waals surface area contributed by atoms with E-state index in [0.29, 0.717) is 0 Å². The van der Waals surface area contributed by atoms with Crippen molar-refractivity contribution in [2.45, 2.75) is 26.9 Å². The highest BCUT2D eigenvalue weighted by atomic mass is 19.1. The van der Waals surface area contributed by atoms with E-state index < -0.39 is 12.1 Å². The van der Waals surface area contributed by atoms with E-state index >= 15 is 0 Å². The van der Waals surface area contributed by atoms with Crippen molar-refractivity contribution in [3.63, 3.8) is 0 Å². The zero-order chi connectivity index (χ0) is 10.7. The minimum atomic E-state index is -1.34. The van der Waals surface area contributed by atoms with Gasteiger partial charge in [0.1, 0.15) is 23.2 Å². The minimum absolute atomic E-state index is 0.000880. The largest absolute Gasteiger partial charge is 0.462 e. The molecule has 1 aromatic heterocycles. The number of alkyl halides is 1. The molecular weight excluding hydrogens is 189 g/mol. The molecule has 1 unspecified atom stereocenters. The van der Waals surface area contributed by atoms with Gasteiger partial charge in [0.25, 0.3) is 0 Å². The molecule has 0 N–H and O–H groups in total. The molecule has 0 fully saturated rings. The molecule has 1 rings (SSSR count). The second kappa shape index (κ2) is 4.21. The summed E-state index contributed by atoms with van der Waals surface area (Å²) in [6, 6.07) is 0. The van der Waals surface area contributed by atoms with Gasteiger partial charge in [0.05, 0.1) is 6.61 Å². The van der Waals surface area contributed by atoms with Gasteiger partial charge in [0, 0.05) is 0 Å². The lowest BCUT2D eigenvalue weighted by Crippen LogP contribution is -2.08. The first-order valence-electron chi connectivity index (χ1n) is 4.35. The van der Waals surface area contributed by atoms with Crippen molar-refractivity contribution in [3.8, 4) is 0 Å². The molecule has 0 radical (unpaired) electrons. The average Bonchev–Trinajstić information content (AvgIpc) is 2.47. The molecule has 14 heavy (non-hydrogen) atoms. The fourth-order valence-corrected chi connectivity index (χ4v) is 1.11. The Bertz CT molecular complexity index is 333. The Kier molecular flexibility index (Phi) is 3.22. The highest BCUT2D eigenvalue weighted by Gasteiger charge is 2.24. The van der Waals surface area contributed by atoms with Crippen LogP contribution in [0.5, 0.6) is 0 Å². The van der Waals surface area contributed by atoms with Gasteiger partial charge in [-0.15, -0.1) is 0 Å². The van der Waals surface area contributed by atoms with Crippen LogP contribution in [0.15, 0.2) is 4.52 Å². The Morgan fingerprint density at radius 2 is 2.36 bits per heavy atom. The normalized spacial score (nSPS) is 12.6. The lowest BCUT2D eigenvalue weighted by molar-refractivity contribution is 0.0521. The number of nitrogens with zero attached hydrogens (tertiary/aromatic N) is 1. The molecule has 5 heteroatoms. The summed E-state index contributed by atoms with van der Waals surface area (Å²) in [4.78, 5) is 11.4. The summed E-state index contributed by atoms with van der Waals surface area (Å²) in [5.41, 5.74) is 0.0998. The van der Waals surface area contributed by atoms with Crippen LogP contribution in [0.25, 0.3) is 0 Å². The summed E-state index contributed by atoms with van der Waals surface area (Å²) in [5.74, 6) is -0.311. The summed E-state index contributed by atoms with van der Waals surface area (Å²) >= 11 is 0. The predicted molar refractivity (Wildman–Crippen MR) is 46.7 cm³/mol. The first kappa shape index (κ1) is 10.7. The van der Waals surface area contributed by atoms with E-state index in [1.165, 1.54) is 6.92 Å². The van der Waals surface area contributed by atoms with E-state index in [0.717, 1.165) is 0 Å². The topological polar surface area (TPSA) is 52.3 Å². The second-order valence-corrected chi connectivity index (χ2v) is 2.84. The molecular formula is C9H12FNO3. The van der Waals surface area contributed by atoms with Gasteiger partial charge in [-0.2, -0.15) is 0 Å². The number of hydrogen-bond donors (Lipinski definition) is 0. The smallest absolute Gasteiger partial charge is 0.343 e. The molecule has 1 aromatic rings. The van der Waals surface area contributed by atoms with Crippen molar-refractivity contribution >= 4 is 5.97 Å². The molecule has 1 heterocycles. The van der Waals surface area contributed by atoms with Gasteiger partial charge >= 0.3 is 5.97 Å². The maximum atomic E-state index is 13.0. The van der Waals surface area contributed by atoms with Crippen LogP contribution >= 0.6 is 0 Å². The van der Waals surface area contributed by atoms with Crippen LogP contribution in [0, 0.1) is 6.92 Å². The first-order valence-corrected chi connectivity index (χ1v) is 4.35. The van der Waals surface area contributed by atoms with E-state index in [1.807, 2.05) is 0 Å². The summed E-state index contributed by atoms with van der Waals surface area (Å²) in [7, 11) is 0. The molecule has 0 amide bonds. The summed E-state index contributed by atoms with van der Waals surface area (Å²) < 4.78 is 22.5. The monoisotopic (exact) mass is 201 g/mol. The third-order valence-electron chi connectivity index (χ3n) is 1.75. The molecule has 0 spiro atoms. The van der Waals surface area contributed by atoms with Crippen molar-refractivity contribution in [1.29, 1.82) is 0 Å². The van der Waals surface area contributed by atoms with Crippen molar-refractivity contribution in [2.75, 3.05) is 6.61 Å². The first-order chi connectivity index (χ1) is 6.57. The van der Waals surface area contributed by atoms with Gasteiger partial charge < -0.3 is 9.26 Å². The minimum Gasteiger partial charge on any atom is -0.462 e. The van der Waals surface area contributed by atoms with Gasteiger partial charge in [-0.1, -0.05) is 5.16 Å². The summed E-state index contributed by atoms with van der Waals surface area (Å²) in [5, 5.41) is 3.47. The zero-order valence-electron chi connectivity index (χ0n) is 8.33. The van der Waals surface area contributed by atoms with E-state index in [9.17, 15) is 9.18 Å². The third-order valence-corrected chi connectivity index (χ3v) is 1.75. The van der Waals surface area contributed by atoms with Crippen molar-refractivity contribution in [1.82, 2.24) is 5.16 Å². The lowest BCUT2D eigenvalue weighted by Gasteiger charge is -2.02. The SMILES string of the molecule is CCOC(=O)c1c(C(C)F)noc1C. The number of rotatable bonds is 3. The standard InChI is InChI=1S/C9H12FNO3/c1-4-13-9(12)7-6(3)14-11-8(7)5(2)10/h5H,4H2,1-3H3. The summed E-state index contributed by atoms with van der Waals surface area (Å²) in [6.07, 6.45) is -1.34. The number of hydrogen-bond acceptors (Lipinski definition) is 4. The molecule has 0 saturated carbocycles. The third kappa shape index (κ3) is 1.92. The Morgan fingerprint density at radius 3 is 2.86 bits per heavy atom. The number of carbonyl (C=O) groups is 1. The van der Waals surface area contributed by atoms with Crippen LogP contribution in [0.2, 0.25) is 0 Å². The van der Waals surface area contributed by atoms with Crippen LogP contribution in [0.3, 0.4) is 0 Å². The van der Waals surface area contributed by atoms with Crippen LogP contribution in [0.4, 0.5) is 4.39 Å². The maximum Gasteiger partial charge on any atom is 0.343 e. The highest BCUT2D eigenvalue weighted by Crippen LogP contribution is 2.23. The van der Waals surface area contributed by atoms with Crippen molar-refractivity contribution in [2.24, 2.45) is 0 Å². The van der Waals surface area contributed by atoms with Crippen LogP contribution in [-0.4, -0.2) is 17.7 Å². The Labute approximate surface area is 81.0 Å². The number of aryl methyl sites for hydroxylation is 1. The number of carbonyl (C=O) groups excluding carboxylic acids is 1.